The van der Waals surface area contributed by atoms with Crippen LogP contribution in [0.3, 0.4) is 0 Å². The highest BCUT2D eigenvalue weighted by molar-refractivity contribution is 7.09. The van der Waals surface area contributed by atoms with Gasteiger partial charge in [-0.1, -0.05) is 47.1 Å². The van der Waals surface area contributed by atoms with Gasteiger partial charge in [-0.2, -0.15) is 0 Å². The van der Waals surface area contributed by atoms with E-state index in [-0.39, 0.29) is 110 Å². The molecule has 0 radical (unpaired) electrons. The number of nitrogens with one attached hydrogen (secondary N) is 6. The van der Waals surface area contributed by atoms with Gasteiger partial charge in [-0.3, -0.25) is 62.5 Å². The summed E-state index contributed by atoms with van der Waals surface area (Å²) < 4.78 is 11.2. The maximum atomic E-state index is 14.3. The number of anilines is 1. The average Bonchev–Trinajstić information content (AvgIpc) is 4.12. The fraction of sp³-hybridized carbons (Fsp3) is 0.607. The maximum absolute atomic E-state index is 14.3. The van der Waals surface area contributed by atoms with Gasteiger partial charge in [0.25, 0.3) is 17.7 Å². The van der Waals surface area contributed by atoms with Gasteiger partial charge in [0.1, 0.15) is 34.6 Å². The summed E-state index contributed by atoms with van der Waals surface area (Å²) in [5.74, 6) is -7.77. The predicted molar refractivity (Wildman–Crippen MR) is 304 cm³/mol. The first kappa shape index (κ1) is 69.0. The molecule has 0 fully saturated rings. The molecule has 1 aromatic carbocycles. The molecule has 0 unspecified atom stereocenters. The van der Waals surface area contributed by atoms with Crippen LogP contribution in [0.1, 0.15) is 135 Å². The highest BCUT2D eigenvalue weighted by Gasteiger charge is 2.39. The fourth-order valence-corrected chi connectivity index (χ4v) is 9.23. The molecule has 25 nitrogen and oxygen atoms in total. The van der Waals surface area contributed by atoms with Gasteiger partial charge in [0.05, 0.1) is 30.4 Å². The van der Waals surface area contributed by atoms with Crippen LogP contribution in [-0.2, 0) is 63.8 Å². The third kappa shape index (κ3) is 21.2. The largest absolute Gasteiger partial charge is 0.506 e. The Morgan fingerprint density at radius 1 is 0.829 bits per heavy atom. The van der Waals surface area contributed by atoms with E-state index in [1.807, 2.05) is 27.7 Å². The number of hydrogen-bond donors (Lipinski definition) is 8. The van der Waals surface area contributed by atoms with Gasteiger partial charge in [0.2, 0.25) is 35.4 Å². The summed E-state index contributed by atoms with van der Waals surface area (Å²) in [6, 6.07) is -0.158. The van der Waals surface area contributed by atoms with Crippen molar-refractivity contribution in [1.82, 2.24) is 46.3 Å². The summed E-state index contributed by atoms with van der Waals surface area (Å²) in [4.78, 5) is 149. The van der Waals surface area contributed by atoms with Crippen LogP contribution in [0.2, 0.25) is 0 Å². The highest BCUT2D eigenvalue weighted by atomic mass is 32.1. The smallest absolute Gasteiger partial charge is 0.306 e. The number of aliphatic carboxylic acids is 1. The number of ether oxygens (including phenoxy) is 2. The summed E-state index contributed by atoms with van der Waals surface area (Å²) in [6.45, 7) is 17.0. The molecule has 454 valence electrons. The topological polar surface area (TPSA) is 341 Å². The van der Waals surface area contributed by atoms with Crippen LogP contribution in [0.25, 0.3) is 0 Å². The number of carbonyl (C=O) groups excluding carboxylic acids is 10. The van der Waals surface area contributed by atoms with Crippen molar-refractivity contribution < 1.29 is 72.4 Å². The summed E-state index contributed by atoms with van der Waals surface area (Å²) in [5, 5.41) is 38.5. The third-order valence-corrected chi connectivity index (χ3v) is 15.2. The van der Waals surface area contributed by atoms with E-state index in [4.69, 9.17) is 9.47 Å². The Morgan fingerprint density at radius 3 is 2.07 bits per heavy atom. The van der Waals surface area contributed by atoms with Gasteiger partial charge in [-0.15, -0.1) is 11.3 Å². The summed E-state index contributed by atoms with van der Waals surface area (Å²) in [6.07, 6.45) is 2.31. The molecule has 1 aliphatic rings. The Kier molecular flexibility index (Phi) is 27.2. The van der Waals surface area contributed by atoms with E-state index >= 15 is 0 Å². The number of thiazole rings is 1. The number of aromatic nitrogens is 1. The molecule has 82 heavy (non-hydrogen) atoms. The lowest BCUT2D eigenvalue weighted by Crippen LogP contribution is -2.60. The second-order valence-corrected chi connectivity index (χ2v) is 22.5. The number of phenolic OH excluding ortho intramolecular Hbond substituents is 1. The molecule has 0 aliphatic carbocycles. The number of aromatic hydroxyl groups is 1. The van der Waals surface area contributed by atoms with E-state index in [1.165, 1.54) is 63.4 Å². The van der Waals surface area contributed by atoms with Crippen LogP contribution in [0.15, 0.2) is 35.7 Å². The number of amides is 9. The molecule has 8 atom stereocenters. The maximum Gasteiger partial charge on any atom is 0.306 e. The zero-order valence-electron chi connectivity index (χ0n) is 49.3. The van der Waals surface area contributed by atoms with Gasteiger partial charge in [0.15, 0.2) is 6.10 Å². The number of carboxylic acid groups (broad SMARTS) is 1. The van der Waals surface area contributed by atoms with Crippen LogP contribution in [0, 0.1) is 17.8 Å². The zero-order chi connectivity index (χ0) is 61.8. The number of carbonyl (C=O) groups is 11. The average molecular weight is 1170 g/mol. The van der Waals surface area contributed by atoms with Crippen LogP contribution >= 0.6 is 11.3 Å². The Hall–Kier alpha value is -7.32. The van der Waals surface area contributed by atoms with Gasteiger partial charge in [-0.25, -0.2) is 4.98 Å². The van der Waals surface area contributed by atoms with E-state index < -0.39 is 95.2 Å². The van der Waals surface area contributed by atoms with E-state index in [2.05, 4.69) is 36.9 Å². The van der Waals surface area contributed by atoms with Crippen molar-refractivity contribution >= 4 is 82.1 Å². The van der Waals surface area contributed by atoms with E-state index in [0.717, 1.165) is 16.2 Å². The first-order valence-corrected chi connectivity index (χ1v) is 28.3. The van der Waals surface area contributed by atoms with Crippen molar-refractivity contribution in [3.63, 3.8) is 0 Å². The SMILES string of the molecule is CC[C@H](C)[C@H](NC(=O)C(C)(C)N(C)C)C(=O)N(C)[C@H](C[C@@H](OC(C)=O)c1nc(C(=O)N[C@@H](Cc2ccc(O)c(NC(=O)[C@H](C)NC(=O)[C@H](C)NC(=O)CCOCCNC(=O)CCCN3C(=O)C=CC3=O)c2)C[C@H](C)C(=O)O)cs1)C(C)C. The van der Waals surface area contributed by atoms with Crippen molar-refractivity contribution in [2.24, 2.45) is 17.8 Å². The summed E-state index contributed by atoms with van der Waals surface area (Å²) in [5.41, 5.74) is -0.532. The highest BCUT2D eigenvalue weighted by Crippen LogP contribution is 2.32. The first-order chi connectivity index (χ1) is 38.4. The molecule has 26 heteroatoms. The Labute approximate surface area is 483 Å². The molecule has 0 spiro atoms. The molecule has 0 saturated heterocycles. The minimum atomic E-state index is -1.16. The summed E-state index contributed by atoms with van der Waals surface area (Å²) in [7, 11) is 5.20. The van der Waals surface area contributed by atoms with E-state index in [0.29, 0.717) is 18.4 Å². The molecule has 0 saturated carbocycles. The first-order valence-electron chi connectivity index (χ1n) is 27.4. The number of phenols is 1. The number of imide groups is 1. The predicted octanol–water partition coefficient (Wildman–Crippen LogP) is 2.83. The summed E-state index contributed by atoms with van der Waals surface area (Å²) >= 11 is 1.06. The molecule has 3 rings (SSSR count). The standard InChI is InChI=1S/C56H84N10O15S/c1-14-32(4)48(63-55(79)56(9,10)64(11)12)53(76)65(13)41(31(2)3)29-43(81-36(8)67)52-62-40(30-82-52)51(75)60-38(26-33(5)54(77)78)27-37-17-18-42(68)39(28-37)61-50(74)35(7)59-49(73)34(6)58-45(70)21-24-80-25-22-57-44(69)16-15-23-66-46(71)19-20-47(66)72/h17-20,28,30-35,38,41,43,48,68H,14-16,21-27,29H2,1-13H3,(H,57,69)(H,58,70)(H,59,73)(H,60,75)(H,61,74)(H,63,79)(H,77,78)/t32-,33-,34-,35-,38+,41+,43+,48-/m0/s1. The van der Waals surface area contributed by atoms with Crippen molar-refractivity contribution in [2.75, 3.05) is 52.8 Å². The molecule has 8 N–H and O–H groups in total. The van der Waals surface area contributed by atoms with Gasteiger partial charge < -0.3 is 56.5 Å². The number of hydrogen-bond acceptors (Lipinski definition) is 17. The minimum absolute atomic E-state index is 0.0210. The van der Waals surface area contributed by atoms with Crippen molar-refractivity contribution in [3.8, 4) is 5.75 Å². The van der Waals surface area contributed by atoms with Crippen molar-refractivity contribution in [3.05, 3.63) is 52.0 Å². The number of rotatable bonds is 34. The van der Waals surface area contributed by atoms with Crippen LogP contribution in [-0.4, -0.2) is 178 Å². The fourth-order valence-electron chi connectivity index (χ4n) is 8.39. The lowest BCUT2D eigenvalue weighted by atomic mass is 9.92. The second kappa shape index (κ2) is 32.4. The Bertz CT molecular complexity index is 2620. The number of carboxylic acids is 1. The molecule has 2 heterocycles. The van der Waals surface area contributed by atoms with Crippen LogP contribution in [0.5, 0.6) is 5.75 Å². The molecule has 1 aliphatic heterocycles. The normalized spacial score (nSPS) is 15.3. The number of esters is 1. The monoisotopic (exact) mass is 1170 g/mol. The quantitative estimate of drug-likeness (QED) is 0.0216. The third-order valence-electron chi connectivity index (χ3n) is 14.3. The molecule has 2 aromatic rings. The molecule has 1 aromatic heterocycles. The lowest BCUT2D eigenvalue weighted by molar-refractivity contribution is -0.149. The van der Waals surface area contributed by atoms with E-state index in [1.54, 1.807) is 44.8 Å². The van der Waals surface area contributed by atoms with Gasteiger partial charge in [-0.05, 0) is 90.6 Å². The van der Waals surface area contributed by atoms with Crippen LogP contribution < -0.4 is 31.9 Å². The Morgan fingerprint density at radius 2 is 1.48 bits per heavy atom. The Balaban J connectivity index is 1.63. The zero-order valence-corrected chi connectivity index (χ0v) is 50.2. The number of nitrogens with zero attached hydrogens (tertiary/aromatic N) is 4. The number of benzene rings is 1. The molecular formula is C56H84N10O15S. The van der Waals surface area contributed by atoms with E-state index in [9.17, 15) is 63.0 Å². The van der Waals surface area contributed by atoms with Crippen molar-refractivity contribution in [2.45, 2.75) is 156 Å². The van der Waals surface area contributed by atoms with Crippen LogP contribution in [0.4, 0.5) is 5.69 Å². The second-order valence-electron chi connectivity index (χ2n) is 21.6. The molecule has 0 bridgehead atoms. The van der Waals surface area contributed by atoms with Gasteiger partial charge >= 0.3 is 11.9 Å². The molecular weight excluding hydrogens is 1080 g/mol. The lowest BCUT2D eigenvalue weighted by Gasteiger charge is -2.38. The molecule has 9 amide bonds. The van der Waals surface area contributed by atoms with Gasteiger partial charge in [0, 0.05) is 75.9 Å². The number of likely N-dealkylation sites (N-methyl/N-ethyl adjacent to an activating group) is 2. The minimum Gasteiger partial charge on any atom is -0.506 e. The van der Waals surface area contributed by atoms with Crippen molar-refractivity contribution in [1.29, 1.82) is 0 Å².